The maximum absolute atomic E-state index is 11.4. The lowest BCUT2D eigenvalue weighted by Gasteiger charge is -2.40. The van der Waals surface area contributed by atoms with Crippen molar-refractivity contribution in [1.82, 2.24) is 0 Å². The number of thioether (sulfide) groups is 6. The van der Waals surface area contributed by atoms with Crippen LogP contribution >= 0.6 is 70.6 Å². The number of esters is 2. The fraction of sp³-hybridized carbons (Fsp3) is 0.750. The SMILES string of the molecule is C=CC(=O)OCC1CSC(C(SC)C2CCCC(C(SC)C3SCC(COC(=O)C=C)S3)C2)S1. The van der Waals surface area contributed by atoms with E-state index in [0.717, 1.165) is 23.3 Å². The van der Waals surface area contributed by atoms with Crippen molar-refractivity contribution < 1.29 is 19.1 Å². The average molecular weight is 581 g/mol. The Morgan fingerprint density at radius 3 is 1.71 bits per heavy atom. The molecular weight excluding hydrogens is 545 g/mol. The summed E-state index contributed by atoms with van der Waals surface area (Å²) in [6.07, 6.45) is 12.3. The van der Waals surface area contributed by atoms with Crippen LogP contribution in [0.2, 0.25) is 0 Å². The number of hydrogen-bond acceptors (Lipinski definition) is 10. The fourth-order valence-corrected chi connectivity index (χ4v) is 15.5. The van der Waals surface area contributed by atoms with E-state index >= 15 is 0 Å². The van der Waals surface area contributed by atoms with Crippen LogP contribution in [0.4, 0.5) is 0 Å². The van der Waals surface area contributed by atoms with Gasteiger partial charge >= 0.3 is 11.9 Å². The summed E-state index contributed by atoms with van der Waals surface area (Å²) < 4.78 is 11.8. The van der Waals surface area contributed by atoms with Crippen LogP contribution in [0.15, 0.2) is 25.3 Å². The van der Waals surface area contributed by atoms with Crippen LogP contribution in [0, 0.1) is 11.8 Å². The monoisotopic (exact) mass is 580 g/mol. The van der Waals surface area contributed by atoms with Gasteiger partial charge in [-0.2, -0.15) is 23.5 Å². The average Bonchev–Trinajstić information content (AvgIpc) is 3.52. The lowest BCUT2D eigenvalue weighted by Crippen LogP contribution is -2.35. The molecule has 192 valence electrons. The highest BCUT2D eigenvalue weighted by Crippen LogP contribution is 2.52. The van der Waals surface area contributed by atoms with Gasteiger partial charge in [0.2, 0.25) is 0 Å². The molecule has 0 spiro atoms. The summed E-state index contributed by atoms with van der Waals surface area (Å²) in [7, 11) is 0. The predicted octanol–water partition coefficient (Wildman–Crippen LogP) is 6.06. The van der Waals surface area contributed by atoms with Gasteiger partial charge in [-0.25, -0.2) is 9.59 Å². The normalized spacial score (nSPS) is 33.1. The molecule has 4 nitrogen and oxygen atoms in total. The summed E-state index contributed by atoms with van der Waals surface area (Å²) in [5.41, 5.74) is 0. The molecule has 0 N–H and O–H groups in total. The second-order valence-electron chi connectivity index (χ2n) is 8.68. The van der Waals surface area contributed by atoms with Gasteiger partial charge in [0.1, 0.15) is 13.2 Å². The van der Waals surface area contributed by atoms with Crippen LogP contribution in [0.1, 0.15) is 25.7 Å². The molecule has 1 aliphatic carbocycles. The Hall–Kier alpha value is 0.520. The van der Waals surface area contributed by atoms with Gasteiger partial charge in [0.05, 0.1) is 9.16 Å². The molecule has 0 aromatic rings. The Morgan fingerprint density at radius 1 is 0.882 bits per heavy atom. The van der Waals surface area contributed by atoms with Crippen molar-refractivity contribution in [1.29, 1.82) is 0 Å². The van der Waals surface area contributed by atoms with Crippen molar-refractivity contribution in [2.75, 3.05) is 37.2 Å². The zero-order valence-electron chi connectivity index (χ0n) is 19.9. The molecule has 2 saturated heterocycles. The van der Waals surface area contributed by atoms with Crippen LogP contribution in [-0.4, -0.2) is 79.3 Å². The largest absolute Gasteiger partial charge is 0.461 e. The van der Waals surface area contributed by atoms with Gasteiger partial charge < -0.3 is 9.47 Å². The van der Waals surface area contributed by atoms with Crippen LogP contribution in [0.3, 0.4) is 0 Å². The van der Waals surface area contributed by atoms with Crippen LogP contribution in [-0.2, 0) is 19.1 Å². The molecule has 1 saturated carbocycles. The Labute approximate surface area is 230 Å². The van der Waals surface area contributed by atoms with E-state index in [0.29, 0.717) is 43.4 Å². The molecule has 34 heavy (non-hydrogen) atoms. The maximum Gasteiger partial charge on any atom is 0.330 e. The third-order valence-electron chi connectivity index (χ3n) is 6.47. The molecule has 0 bridgehead atoms. The van der Waals surface area contributed by atoms with E-state index in [1.807, 2.05) is 70.6 Å². The summed E-state index contributed by atoms with van der Waals surface area (Å²) in [5.74, 6) is 2.93. The molecule has 0 radical (unpaired) electrons. The van der Waals surface area contributed by atoms with E-state index < -0.39 is 0 Å². The van der Waals surface area contributed by atoms with Crippen LogP contribution in [0.5, 0.6) is 0 Å². The molecule has 3 rings (SSSR count). The molecule has 8 atom stereocenters. The number of ether oxygens (including phenoxy) is 2. The third-order valence-corrected chi connectivity index (χ3v) is 16.4. The highest BCUT2D eigenvalue weighted by molar-refractivity contribution is 8.22. The molecule has 10 heteroatoms. The number of hydrogen-bond donors (Lipinski definition) is 0. The molecular formula is C24H36O4S6. The van der Waals surface area contributed by atoms with E-state index in [4.69, 9.17) is 9.47 Å². The van der Waals surface area contributed by atoms with Crippen molar-refractivity contribution in [3.63, 3.8) is 0 Å². The fourth-order valence-electron chi connectivity index (χ4n) is 4.84. The zero-order chi connectivity index (χ0) is 24.5. The van der Waals surface area contributed by atoms with Crippen molar-refractivity contribution in [3.05, 3.63) is 25.3 Å². The Morgan fingerprint density at radius 2 is 1.32 bits per heavy atom. The minimum atomic E-state index is -0.322. The second-order valence-corrected chi connectivity index (χ2v) is 16.5. The zero-order valence-corrected chi connectivity index (χ0v) is 24.8. The van der Waals surface area contributed by atoms with Crippen molar-refractivity contribution >= 4 is 82.5 Å². The highest BCUT2D eigenvalue weighted by Gasteiger charge is 2.42. The maximum atomic E-state index is 11.4. The van der Waals surface area contributed by atoms with Crippen molar-refractivity contribution in [2.24, 2.45) is 11.8 Å². The molecule has 0 aromatic heterocycles. The first kappa shape index (κ1) is 29.1. The van der Waals surface area contributed by atoms with E-state index in [1.54, 1.807) is 0 Å². The predicted molar refractivity (Wildman–Crippen MR) is 158 cm³/mol. The lowest BCUT2D eigenvalue weighted by molar-refractivity contribution is -0.138. The molecule has 0 amide bonds. The minimum Gasteiger partial charge on any atom is -0.461 e. The Balaban J connectivity index is 1.52. The molecule has 8 unspecified atom stereocenters. The van der Waals surface area contributed by atoms with Gasteiger partial charge in [0.15, 0.2) is 0 Å². The highest BCUT2D eigenvalue weighted by atomic mass is 32.2. The quantitative estimate of drug-likeness (QED) is 0.201. The summed E-state index contributed by atoms with van der Waals surface area (Å²) in [6, 6.07) is 0. The van der Waals surface area contributed by atoms with Gasteiger partial charge in [-0.15, -0.1) is 47.0 Å². The lowest BCUT2D eigenvalue weighted by atomic mass is 9.78. The number of carbonyl (C=O) groups is 2. The smallest absolute Gasteiger partial charge is 0.330 e. The summed E-state index contributed by atoms with van der Waals surface area (Å²) in [4.78, 5) is 22.9. The summed E-state index contributed by atoms with van der Waals surface area (Å²) in [6.45, 7) is 7.95. The molecule has 3 fully saturated rings. The Kier molecular flexibility index (Phi) is 12.9. The number of carbonyl (C=O) groups excluding carboxylic acids is 2. The van der Waals surface area contributed by atoms with Gasteiger partial charge in [0.25, 0.3) is 0 Å². The standard InChI is InChI=1S/C24H36O4S6/c1-5-19(25)27-11-17-13-31-23(33-17)21(29-3)15-8-7-9-16(10-15)22(30-4)24-32-14-18(34-24)12-28-20(26)6-2/h5-6,15-18,21-24H,1-2,7-14H2,3-4H3. The number of rotatable bonds is 12. The molecule has 2 heterocycles. The molecule has 0 aromatic carbocycles. The minimum absolute atomic E-state index is 0.322. The first-order chi connectivity index (χ1) is 16.5. The van der Waals surface area contributed by atoms with E-state index in [9.17, 15) is 9.59 Å². The first-order valence-electron chi connectivity index (χ1n) is 11.7. The van der Waals surface area contributed by atoms with E-state index in [-0.39, 0.29) is 11.9 Å². The molecule has 3 aliphatic rings. The second kappa shape index (κ2) is 15.1. The van der Waals surface area contributed by atoms with Gasteiger partial charge in [-0.1, -0.05) is 19.6 Å². The van der Waals surface area contributed by atoms with E-state index in [2.05, 4.69) is 25.7 Å². The summed E-state index contributed by atoms with van der Waals surface area (Å²) >= 11 is 12.2. The Bertz CT molecular complexity index is 651. The van der Waals surface area contributed by atoms with Gasteiger partial charge in [-0.05, 0) is 43.6 Å². The van der Waals surface area contributed by atoms with Gasteiger partial charge in [-0.3, -0.25) is 0 Å². The van der Waals surface area contributed by atoms with Gasteiger partial charge in [0, 0.05) is 44.7 Å². The van der Waals surface area contributed by atoms with E-state index in [1.165, 1.54) is 37.8 Å². The third kappa shape index (κ3) is 8.27. The van der Waals surface area contributed by atoms with Crippen LogP contribution < -0.4 is 0 Å². The summed E-state index contributed by atoms with van der Waals surface area (Å²) in [5, 5.41) is 2.03. The first-order valence-corrected chi connectivity index (χ1v) is 18.2. The van der Waals surface area contributed by atoms with Crippen molar-refractivity contribution in [3.8, 4) is 0 Å². The van der Waals surface area contributed by atoms with Crippen molar-refractivity contribution in [2.45, 2.75) is 55.8 Å². The molecule has 2 aliphatic heterocycles. The topological polar surface area (TPSA) is 52.6 Å². The van der Waals surface area contributed by atoms with Crippen LogP contribution in [0.25, 0.3) is 0 Å².